The van der Waals surface area contributed by atoms with Gasteiger partial charge < -0.3 is 15.2 Å². The third-order valence-corrected chi connectivity index (χ3v) is 1.59. The summed E-state index contributed by atoms with van der Waals surface area (Å²) in [6.45, 7) is 3.30. The number of carbonyl (C=O) groups is 2. The Bertz CT molecular complexity index is 229. The summed E-state index contributed by atoms with van der Waals surface area (Å²) in [7, 11) is 1.53. The maximum absolute atomic E-state index is 11.0. The molecule has 0 radical (unpaired) electrons. The van der Waals surface area contributed by atoms with E-state index in [1.165, 1.54) is 7.11 Å². The van der Waals surface area contributed by atoms with Gasteiger partial charge >= 0.3 is 12.0 Å². The van der Waals surface area contributed by atoms with Crippen LogP contribution in [0.2, 0.25) is 0 Å². The van der Waals surface area contributed by atoms with E-state index in [-0.39, 0.29) is 6.54 Å². The quantitative estimate of drug-likeness (QED) is 0.535. The molecule has 0 rings (SSSR count). The number of amides is 2. The number of hydrogen-bond donors (Lipinski definition) is 3. The van der Waals surface area contributed by atoms with Crippen molar-refractivity contribution in [2.45, 2.75) is 19.4 Å². The van der Waals surface area contributed by atoms with Crippen molar-refractivity contribution in [1.29, 1.82) is 0 Å². The fourth-order valence-corrected chi connectivity index (χ4v) is 0.565. The molecule has 7 nitrogen and oxygen atoms in total. The maximum Gasteiger partial charge on any atom is 0.338 e. The van der Waals surface area contributed by atoms with E-state index in [0.29, 0.717) is 0 Å². The molecule has 7 heteroatoms. The van der Waals surface area contributed by atoms with E-state index in [9.17, 15) is 9.59 Å². The number of hydrogen-bond acceptors (Lipinski definition) is 4. The fourth-order valence-electron chi connectivity index (χ4n) is 0.565. The van der Waals surface area contributed by atoms with E-state index in [1.807, 2.05) is 5.48 Å². The molecule has 3 N–H and O–H groups in total. The van der Waals surface area contributed by atoms with Gasteiger partial charge in [-0.2, -0.15) is 0 Å². The molecule has 0 aromatic carbocycles. The van der Waals surface area contributed by atoms with E-state index in [4.69, 9.17) is 9.84 Å². The number of carboxylic acids is 1. The highest BCUT2D eigenvalue weighted by atomic mass is 16.7. The minimum Gasteiger partial charge on any atom is -0.479 e. The molecule has 0 bridgehead atoms. The molecule has 0 saturated carbocycles. The molecular weight excluding hydrogens is 204 g/mol. The van der Waals surface area contributed by atoms with Crippen molar-refractivity contribution in [3.63, 3.8) is 0 Å². The Morgan fingerprint density at radius 1 is 1.40 bits per heavy atom. The van der Waals surface area contributed by atoms with Crippen LogP contribution < -0.4 is 10.8 Å². The SMILES string of the molecule is COC(C)(C)CNC(=O)NOCC(=O)O. The summed E-state index contributed by atoms with van der Waals surface area (Å²) in [6.07, 6.45) is 0. The van der Waals surface area contributed by atoms with Gasteiger partial charge in [0.25, 0.3) is 0 Å². The second kappa shape index (κ2) is 6.20. The molecule has 0 unspecified atom stereocenters. The number of rotatable bonds is 6. The monoisotopic (exact) mass is 220 g/mol. The molecule has 0 aliphatic heterocycles. The zero-order chi connectivity index (χ0) is 11.9. The van der Waals surface area contributed by atoms with Gasteiger partial charge in [0.1, 0.15) is 0 Å². The second-order valence-electron chi connectivity index (χ2n) is 3.43. The molecule has 0 aliphatic rings. The molecule has 0 saturated heterocycles. The average molecular weight is 220 g/mol. The van der Waals surface area contributed by atoms with Gasteiger partial charge in [-0.25, -0.2) is 15.1 Å². The lowest BCUT2D eigenvalue weighted by Crippen LogP contribution is -2.44. The summed E-state index contributed by atoms with van der Waals surface area (Å²) in [5.74, 6) is -1.16. The van der Waals surface area contributed by atoms with Gasteiger partial charge in [0, 0.05) is 13.7 Å². The van der Waals surface area contributed by atoms with Crippen LogP contribution in [0.15, 0.2) is 0 Å². The van der Waals surface area contributed by atoms with Gasteiger partial charge in [-0.3, -0.25) is 4.84 Å². The van der Waals surface area contributed by atoms with Crippen molar-refractivity contribution in [3.05, 3.63) is 0 Å². The Hall–Kier alpha value is -1.34. The van der Waals surface area contributed by atoms with Gasteiger partial charge in [0.2, 0.25) is 0 Å². The van der Waals surface area contributed by atoms with Crippen molar-refractivity contribution in [2.24, 2.45) is 0 Å². The van der Waals surface area contributed by atoms with E-state index < -0.39 is 24.2 Å². The molecule has 15 heavy (non-hydrogen) atoms. The first-order valence-electron chi connectivity index (χ1n) is 4.30. The molecule has 2 amide bonds. The largest absolute Gasteiger partial charge is 0.479 e. The Kier molecular flexibility index (Phi) is 5.65. The van der Waals surface area contributed by atoms with E-state index >= 15 is 0 Å². The summed E-state index contributed by atoms with van der Waals surface area (Å²) in [6, 6.07) is -0.610. The Morgan fingerprint density at radius 3 is 2.47 bits per heavy atom. The van der Waals surface area contributed by atoms with Crippen molar-refractivity contribution >= 4 is 12.0 Å². The van der Waals surface area contributed by atoms with Gasteiger partial charge in [-0.05, 0) is 13.8 Å². The van der Waals surface area contributed by atoms with E-state index in [2.05, 4.69) is 10.2 Å². The minimum atomic E-state index is -1.16. The Balaban J connectivity index is 3.62. The summed E-state index contributed by atoms with van der Waals surface area (Å²) in [5.41, 5.74) is 1.44. The second-order valence-corrected chi connectivity index (χ2v) is 3.43. The molecule has 0 heterocycles. The normalized spacial score (nSPS) is 10.9. The van der Waals surface area contributed by atoms with Crippen LogP contribution in [0, 0.1) is 0 Å². The predicted octanol–water partition coefficient (Wildman–Crippen LogP) is -0.273. The van der Waals surface area contributed by atoms with Crippen LogP contribution in [0.5, 0.6) is 0 Å². The summed E-state index contributed by atoms with van der Waals surface area (Å²) < 4.78 is 5.05. The standard InChI is InChI=1S/C8H16N2O5/c1-8(2,14-3)5-9-7(13)10-15-4-6(11)12/h4-5H2,1-3H3,(H,11,12)(H2,9,10,13). The number of hydroxylamine groups is 1. The first-order chi connectivity index (χ1) is 6.87. The molecule has 0 atom stereocenters. The summed E-state index contributed by atoms with van der Waals surface area (Å²) in [5, 5.41) is 10.7. The zero-order valence-corrected chi connectivity index (χ0v) is 8.99. The van der Waals surface area contributed by atoms with Crippen LogP contribution in [0.1, 0.15) is 13.8 Å². The molecule has 0 fully saturated rings. The smallest absolute Gasteiger partial charge is 0.338 e. The van der Waals surface area contributed by atoms with Gasteiger partial charge in [-0.1, -0.05) is 0 Å². The highest BCUT2D eigenvalue weighted by Gasteiger charge is 2.17. The van der Waals surface area contributed by atoms with Gasteiger partial charge in [0.15, 0.2) is 6.61 Å². The molecule has 0 aromatic rings. The minimum absolute atomic E-state index is 0.283. The highest BCUT2D eigenvalue weighted by Crippen LogP contribution is 2.04. The van der Waals surface area contributed by atoms with Crippen molar-refractivity contribution in [3.8, 4) is 0 Å². The van der Waals surface area contributed by atoms with Crippen molar-refractivity contribution in [2.75, 3.05) is 20.3 Å². The lowest BCUT2D eigenvalue weighted by Gasteiger charge is -2.22. The molecule has 0 aromatic heterocycles. The number of carbonyl (C=O) groups excluding carboxylic acids is 1. The van der Waals surface area contributed by atoms with Crippen LogP contribution in [0.25, 0.3) is 0 Å². The number of methoxy groups -OCH3 is 1. The maximum atomic E-state index is 11.0. The van der Waals surface area contributed by atoms with Gasteiger partial charge in [0.05, 0.1) is 5.60 Å². The lowest BCUT2D eigenvalue weighted by atomic mass is 10.1. The third kappa shape index (κ3) is 7.71. The number of nitrogens with one attached hydrogen (secondary N) is 2. The first kappa shape index (κ1) is 13.7. The first-order valence-corrected chi connectivity index (χ1v) is 4.30. The van der Waals surface area contributed by atoms with Crippen LogP contribution in [0.4, 0.5) is 4.79 Å². The Morgan fingerprint density at radius 2 is 2.00 bits per heavy atom. The van der Waals surface area contributed by atoms with Crippen LogP contribution in [-0.2, 0) is 14.4 Å². The number of urea groups is 1. The van der Waals surface area contributed by atoms with Crippen LogP contribution in [-0.4, -0.2) is 43.0 Å². The third-order valence-electron chi connectivity index (χ3n) is 1.59. The van der Waals surface area contributed by atoms with Gasteiger partial charge in [-0.15, -0.1) is 0 Å². The lowest BCUT2D eigenvalue weighted by molar-refractivity contribution is -0.144. The average Bonchev–Trinajstić information content (AvgIpc) is 2.14. The number of carboxylic acid groups (broad SMARTS) is 1. The molecule has 88 valence electrons. The van der Waals surface area contributed by atoms with Crippen molar-refractivity contribution in [1.82, 2.24) is 10.8 Å². The molecular formula is C8H16N2O5. The highest BCUT2D eigenvalue weighted by molar-refractivity contribution is 5.73. The van der Waals surface area contributed by atoms with Crippen LogP contribution >= 0.6 is 0 Å². The van der Waals surface area contributed by atoms with E-state index in [0.717, 1.165) is 0 Å². The predicted molar refractivity (Wildman–Crippen MR) is 51.2 cm³/mol. The molecule has 0 aliphatic carbocycles. The summed E-state index contributed by atoms with van der Waals surface area (Å²) >= 11 is 0. The zero-order valence-electron chi connectivity index (χ0n) is 8.99. The number of ether oxygens (including phenoxy) is 1. The van der Waals surface area contributed by atoms with Crippen molar-refractivity contribution < 1.29 is 24.3 Å². The van der Waals surface area contributed by atoms with E-state index in [1.54, 1.807) is 13.8 Å². The fraction of sp³-hybridized carbons (Fsp3) is 0.750. The molecule has 0 spiro atoms. The Labute approximate surface area is 87.7 Å². The summed E-state index contributed by atoms with van der Waals surface area (Å²) in [4.78, 5) is 25.4. The topological polar surface area (TPSA) is 96.9 Å². The van der Waals surface area contributed by atoms with Crippen LogP contribution in [0.3, 0.4) is 0 Å². The number of aliphatic carboxylic acids is 1.